The molecule has 2 N–H and O–H groups in total. The molecule has 0 saturated carbocycles. The molecule has 1 heterocycles. The van der Waals surface area contributed by atoms with Gasteiger partial charge < -0.3 is 20.3 Å². The zero-order valence-corrected chi connectivity index (χ0v) is 22.1. The summed E-state index contributed by atoms with van der Waals surface area (Å²) in [5, 5.41) is 8.44. The Morgan fingerprint density at radius 3 is 2.77 bits per heavy atom. The molecule has 0 fully saturated rings. The van der Waals surface area contributed by atoms with Crippen molar-refractivity contribution in [2.24, 2.45) is 15.0 Å². The maximum Gasteiger partial charge on any atom is 0.214 e. The van der Waals surface area contributed by atoms with Gasteiger partial charge in [0, 0.05) is 43.9 Å². The number of nitrogens with one attached hydrogen (secondary N) is 2. The molecule has 0 bridgehead atoms. The third-order valence-corrected chi connectivity index (χ3v) is 5.61. The number of ether oxygens (including phenoxy) is 1. The average Bonchev–Trinajstić information content (AvgIpc) is 3.14. The molecule has 0 aliphatic carbocycles. The van der Waals surface area contributed by atoms with Crippen molar-refractivity contribution in [3.63, 3.8) is 0 Å². The summed E-state index contributed by atoms with van der Waals surface area (Å²) in [7, 11) is 4.03. The van der Waals surface area contributed by atoms with Crippen LogP contribution in [-0.4, -0.2) is 83.6 Å². The lowest BCUT2D eigenvalue weighted by Gasteiger charge is -2.22. The van der Waals surface area contributed by atoms with Crippen LogP contribution in [0, 0.1) is 0 Å². The summed E-state index contributed by atoms with van der Waals surface area (Å²) in [5.74, 6) is 0.419. The Bertz CT molecular complexity index is 910. The molecular weight excluding hydrogens is 460 g/mol. The molecule has 1 aromatic carbocycles. The summed E-state index contributed by atoms with van der Waals surface area (Å²) in [6.07, 6.45) is 6.80. The van der Waals surface area contributed by atoms with Gasteiger partial charge in [-0.3, -0.25) is 14.8 Å². The summed E-state index contributed by atoms with van der Waals surface area (Å²) in [4.78, 5) is 25.7. The third-order valence-electron chi connectivity index (χ3n) is 4.59. The van der Waals surface area contributed by atoms with Crippen molar-refractivity contribution in [1.82, 2.24) is 15.5 Å². The smallest absolute Gasteiger partial charge is 0.214 e. The molecule has 2 rings (SSSR count). The van der Waals surface area contributed by atoms with Gasteiger partial charge in [-0.2, -0.15) is 0 Å². The van der Waals surface area contributed by atoms with E-state index in [9.17, 15) is 4.79 Å². The summed E-state index contributed by atoms with van der Waals surface area (Å²) < 4.78 is 5.26. The first-order valence-electron chi connectivity index (χ1n) is 11.5. The normalized spacial score (nSPS) is 13.5. The van der Waals surface area contributed by atoms with Crippen LogP contribution >= 0.6 is 11.8 Å². The number of benzene rings is 1. The maximum absolute atomic E-state index is 10.3. The minimum Gasteiger partial charge on any atom is -0.470 e. The highest BCUT2D eigenvalue weighted by Crippen LogP contribution is 2.20. The van der Waals surface area contributed by atoms with E-state index >= 15 is 0 Å². The van der Waals surface area contributed by atoms with Crippen molar-refractivity contribution >= 4 is 36.9 Å². The van der Waals surface area contributed by atoms with Gasteiger partial charge in [0.1, 0.15) is 13.3 Å². The van der Waals surface area contributed by atoms with Crippen LogP contribution in [0.2, 0.25) is 0 Å². The first kappa shape index (κ1) is 29.9. The number of hydrogen-bond acceptors (Lipinski definition) is 9. The van der Waals surface area contributed by atoms with E-state index in [1.807, 2.05) is 55.9 Å². The van der Waals surface area contributed by atoms with E-state index in [1.54, 1.807) is 11.8 Å². The molecule has 0 unspecified atom stereocenters. The lowest BCUT2D eigenvalue weighted by Crippen LogP contribution is -2.30. The van der Waals surface area contributed by atoms with E-state index in [0.29, 0.717) is 12.2 Å². The minimum atomic E-state index is -0.0167. The molecule has 1 aliphatic heterocycles. The van der Waals surface area contributed by atoms with Crippen LogP contribution in [0.5, 0.6) is 0 Å². The molecule has 0 atom stereocenters. The summed E-state index contributed by atoms with van der Waals surface area (Å²) >= 11 is 1.57. The number of carbonyl (C=O) groups is 1. The first-order chi connectivity index (χ1) is 17.1. The number of allylic oxidation sites excluding steroid dienone is 2. The van der Waals surface area contributed by atoms with Gasteiger partial charge in [0.05, 0.1) is 17.9 Å². The predicted molar refractivity (Wildman–Crippen MR) is 150 cm³/mol. The lowest BCUT2D eigenvalue weighted by molar-refractivity contribution is -0.109. The number of aldehydes is 1. The van der Waals surface area contributed by atoms with E-state index in [4.69, 9.17) is 4.74 Å². The number of nitrogens with zero attached hydrogens (tertiary/aromatic N) is 4. The number of thioether (sulfide) groups is 1. The molecule has 0 amide bonds. The van der Waals surface area contributed by atoms with Gasteiger partial charge in [-0.25, -0.2) is 4.99 Å². The fraction of sp³-hybridized carbons (Fsp3) is 0.385. The predicted octanol–water partition coefficient (Wildman–Crippen LogP) is 3.55. The van der Waals surface area contributed by atoms with Gasteiger partial charge in [-0.15, -0.1) is 0 Å². The molecule has 0 spiro atoms. The molecule has 9 heteroatoms. The van der Waals surface area contributed by atoms with Crippen molar-refractivity contribution in [2.45, 2.75) is 18.7 Å². The number of rotatable bonds is 13. The monoisotopic (exact) mass is 498 g/mol. The van der Waals surface area contributed by atoms with Crippen LogP contribution in [0.25, 0.3) is 0 Å². The Balaban J connectivity index is 0.000000355. The van der Waals surface area contributed by atoms with Crippen LogP contribution in [0.15, 0.2) is 84.7 Å². The summed E-state index contributed by atoms with van der Waals surface area (Å²) in [6, 6.07) is 9.96. The van der Waals surface area contributed by atoms with Crippen LogP contribution in [-0.2, 0) is 9.53 Å². The standard InChI is InChI=1S/C14H16N2O2S.C12H22N4/c1-12(10-19-13-6-4-3-5-7-13)14(16-11-15-2)18-9-8-17;1-4-14-8-9-16(3)12-6-5-7-15-10-11(12)13-2/h3-8,10H,2,9,11H2,1H3;5-6,10,13-14H,4,7-9H2,1-3H3/b12-10+,16-14-;. The Morgan fingerprint density at radius 2 is 2.11 bits per heavy atom. The van der Waals surface area contributed by atoms with E-state index < -0.39 is 0 Å². The first-order valence-corrected chi connectivity index (χ1v) is 12.4. The molecule has 1 aromatic rings. The SMILES string of the molecule is C=NC/N=C(OCC=O)/C(C)=C/Sc1ccccc1.CCNCCN(C)C1=C(NC)C=NCC=C1. The Kier molecular flexibility index (Phi) is 16.4. The fourth-order valence-corrected chi connectivity index (χ4v) is 3.54. The molecule has 0 aromatic heterocycles. The summed E-state index contributed by atoms with van der Waals surface area (Å²) in [5.41, 5.74) is 3.12. The van der Waals surface area contributed by atoms with E-state index in [-0.39, 0.29) is 13.3 Å². The fourth-order valence-electron chi connectivity index (χ4n) is 2.81. The molecule has 1 aliphatic rings. The van der Waals surface area contributed by atoms with Crippen molar-refractivity contribution in [3.05, 3.63) is 64.9 Å². The van der Waals surface area contributed by atoms with Crippen molar-refractivity contribution in [3.8, 4) is 0 Å². The van der Waals surface area contributed by atoms with E-state index in [0.717, 1.165) is 42.3 Å². The van der Waals surface area contributed by atoms with Gasteiger partial charge >= 0.3 is 0 Å². The number of carbonyl (C=O) groups excluding carboxylic acids is 1. The number of aliphatic imine (C=N–C) groups is 3. The zero-order chi connectivity index (χ0) is 25.7. The van der Waals surface area contributed by atoms with Crippen LogP contribution in [0.1, 0.15) is 13.8 Å². The number of hydrogen-bond donors (Lipinski definition) is 2. The highest BCUT2D eigenvalue weighted by Gasteiger charge is 2.07. The maximum atomic E-state index is 10.3. The Hall–Kier alpha value is -3.17. The van der Waals surface area contributed by atoms with E-state index in [1.165, 1.54) is 5.70 Å². The molecule has 8 nitrogen and oxygen atoms in total. The highest BCUT2D eigenvalue weighted by molar-refractivity contribution is 8.02. The molecule has 35 heavy (non-hydrogen) atoms. The Labute approximate surface area is 214 Å². The second-order valence-corrected chi connectivity index (χ2v) is 8.20. The van der Waals surface area contributed by atoms with E-state index in [2.05, 4.69) is 63.4 Å². The van der Waals surface area contributed by atoms with Gasteiger partial charge in [-0.1, -0.05) is 43.0 Å². The molecular formula is C26H38N6O2S. The van der Waals surface area contributed by atoms with Crippen molar-refractivity contribution < 1.29 is 9.53 Å². The van der Waals surface area contributed by atoms with Gasteiger partial charge in [0.2, 0.25) is 5.90 Å². The van der Waals surface area contributed by atoms with Crippen LogP contribution in [0.4, 0.5) is 0 Å². The van der Waals surface area contributed by atoms with Gasteiger partial charge in [0.15, 0.2) is 6.29 Å². The number of likely N-dealkylation sites (N-methyl/N-ethyl adjacent to an activating group) is 2. The van der Waals surface area contributed by atoms with Gasteiger partial charge in [0.25, 0.3) is 0 Å². The average molecular weight is 499 g/mol. The second-order valence-electron chi connectivity index (χ2n) is 7.26. The van der Waals surface area contributed by atoms with Crippen LogP contribution < -0.4 is 10.6 Å². The third kappa shape index (κ3) is 12.8. The Morgan fingerprint density at radius 1 is 1.34 bits per heavy atom. The minimum absolute atomic E-state index is 0.0167. The topological polar surface area (TPSA) is 90.7 Å². The summed E-state index contributed by atoms with van der Waals surface area (Å²) in [6.45, 7) is 11.3. The molecule has 0 radical (unpaired) electrons. The van der Waals surface area contributed by atoms with Crippen LogP contribution in [0.3, 0.4) is 0 Å². The lowest BCUT2D eigenvalue weighted by atomic mass is 10.3. The van der Waals surface area contributed by atoms with Gasteiger partial charge in [-0.05, 0) is 43.8 Å². The molecule has 0 saturated heterocycles. The van der Waals surface area contributed by atoms with Crippen molar-refractivity contribution in [2.75, 3.05) is 53.5 Å². The zero-order valence-electron chi connectivity index (χ0n) is 21.2. The largest absolute Gasteiger partial charge is 0.470 e. The quantitative estimate of drug-likeness (QED) is 0.142. The second kappa shape index (κ2) is 19.2. The molecule has 190 valence electrons. The highest BCUT2D eigenvalue weighted by atomic mass is 32.2. The van der Waals surface area contributed by atoms with Crippen molar-refractivity contribution in [1.29, 1.82) is 0 Å².